The molecule has 1 aromatic rings. The zero-order valence-corrected chi connectivity index (χ0v) is 10.9. The number of rotatable bonds is 5. The third-order valence-electron chi connectivity index (χ3n) is 1.70. The highest BCUT2D eigenvalue weighted by molar-refractivity contribution is 7.84. The third-order valence-corrected chi connectivity index (χ3v) is 3.60. The van der Waals surface area contributed by atoms with Crippen LogP contribution in [0.2, 0.25) is 0 Å². The maximum atomic E-state index is 11.6. The van der Waals surface area contributed by atoms with E-state index < -0.39 is 10.8 Å². The second-order valence-electron chi connectivity index (χ2n) is 3.28. The summed E-state index contributed by atoms with van der Waals surface area (Å²) in [4.78, 5) is 11.6. The Bertz CT molecular complexity index is 393. The van der Waals surface area contributed by atoms with Gasteiger partial charge in [0, 0.05) is 35.9 Å². The van der Waals surface area contributed by atoms with Gasteiger partial charge in [0.2, 0.25) is 10.1 Å². The number of carbonyl (C=O) groups is 1. The minimum atomic E-state index is -0.925. The average Bonchev–Trinajstić information content (AvgIpc) is 2.64. The summed E-state index contributed by atoms with van der Waals surface area (Å²) in [6.07, 6.45) is 1.60. The van der Waals surface area contributed by atoms with E-state index in [1.54, 1.807) is 20.2 Å². The Labute approximate surface area is 100 Å². The van der Waals surface area contributed by atoms with Gasteiger partial charge in [-0.15, -0.1) is 10.2 Å². The molecule has 16 heavy (non-hydrogen) atoms. The molecule has 0 saturated carbocycles. The van der Waals surface area contributed by atoms with Crippen molar-refractivity contribution < 1.29 is 9.00 Å². The molecule has 0 aliphatic rings. The van der Waals surface area contributed by atoms with Gasteiger partial charge < -0.3 is 10.6 Å². The quantitative estimate of drug-likeness (QED) is 0.785. The summed E-state index contributed by atoms with van der Waals surface area (Å²) in [7, 11) is 0.789. The van der Waals surface area contributed by atoms with Crippen molar-refractivity contribution in [3.8, 4) is 0 Å². The summed E-state index contributed by atoms with van der Waals surface area (Å²) >= 11 is 1.18. The Kier molecular flexibility index (Phi) is 4.81. The van der Waals surface area contributed by atoms with E-state index in [1.165, 1.54) is 11.3 Å². The topological polar surface area (TPSA) is 84.0 Å². The van der Waals surface area contributed by atoms with Gasteiger partial charge in [-0.05, 0) is 6.92 Å². The average molecular weight is 262 g/mol. The molecule has 2 N–H and O–H groups in total. The smallest absolute Gasteiger partial charge is 0.282 e. The molecule has 6 nitrogen and oxygen atoms in total. The summed E-state index contributed by atoms with van der Waals surface area (Å²) in [5, 5.41) is 13.9. The standard InChI is InChI=1S/C8H14N4O2S2/c1-5(4-16(3)14)10-6(13)7-11-12-8(9-2)15-7/h5H,4H2,1-3H3,(H,9,12)(H,10,13). The van der Waals surface area contributed by atoms with Gasteiger partial charge in [-0.25, -0.2) is 0 Å². The maximum absolute atomic E-state index is 11.6. The van der Waals surface area contributed by atoms with Crippen molar-refractivity contribution in [3.05, 3.63) is 5.01 Å². The highest BCUT2D eigenvalue weighted by atomic mass is 32.2. The van der Waals surface area contributed by atoms with Crippen LogP contribution in [0, 0.1) is 0 Å². The molecule has 0 radical (unpaired) electrons. The minimum absolute atomic E-state index is 0.139. The van der Waals surface area contributed by atoms with Crippen LogP contribution in [0.15, 0.2) is 0 Å². The van der Waals surface area contributed by atoms with Crippen LogP contribution in [0.25, 0.3) is 0 Å². The van der Waals surface area contributed by atoms with Crippen LogP contribution in [0.3, 0.4) is 0 Å². The van der Waals surface area contributed by atoms with Crippen molar-refractivity contribution in [1.29, 1.82) is 0 Å². The van der Waals surface area contributed by atoms with Crippen LogP contribution in [-0.4, -0.2) is 45.4 Å². The second-order valence-corrected chi connectivity index (χ2v) is 5.73. The van der Waals surface area contributed by atoms with Crippen molar-refractivity contribution >= 4 is 33.2 Å². The number of nitrogens with one attached hydrogen (secondary N) is 2. The van der Waals surface area contributed by atoms with E-state index in [0.717, 1.165) is 0 Å². The number of hydrogen-bond acceptors (Lipinski definition) is 6. The van der Waals surface area contributed by atoms with Crippen LogP contribution < -0.4 is 10.6 Å². The Morgan fingerprint density at radius 2 is 2.25 bits per heavy atom. The van der Waals surface area contributed by atoms with Gasteiger partial charge in [0.05, 0.1) is 0 Å². The predicted molar refractivity (Wildman–Crippen MR) is 65.3 cm³/mol. The minimum Gasteiger partial charge on any atom is -0.363 e. The highest BCUT2D eigenvalue weighted by Gasteiger charge is 2.15. The number of carbonyl (C=O) groups excluding carboxylic acids is 1. The van der Waals surface area contributed by atoms with E-state index in [2.05, 4.69) is 20.8 Å². The lowest BCUT2D eigenvalue weighted by Gasteiger charge is -2.10. The normalized spacial score (nSPS) is 14.2. The molecular weight excluding hydrogens is 248 g/mol. The monoisotopic (exact) mass is 262 g/mol. The van der Waals surface area contributed by atoms with E-state index in [-0.39, 0.29) is 11.9 Å². The molecule has 90 valence electrons. The van der Waals surface area contributed by atoms with E-state index in [9.17, 15) is 9.00 Å². The Hall–Kier alpha value is -1.02. The van der Waals surface area contributed by atoms with Crippen LogP contribution >= 0.6 is 11.3 Å². The van der Waals surface area contributed by atoms with Crippen molar-refractivity contribution in [2.75, 3.05) is 24.4 Å². The molecule has 0 aromatic carbocycles. The Balaban J connectivity index is 2.54. The van der Waals surface area contributed by atoms with Gasteiger partial charge >= 0.3 is 0 Å². The van der Waals surface area contributed by atoms with Gasteiger partial charge in [0.15, 0.2) is 0 Å². The summed E-state index contributed by atoms with van der Waals surface area (Å²) in [6.45, 7) is 1.80. The van der Waals surface area contributed by atoms with Crippen LogP contribution in [0.1, 0.15) is 16.7 Å². The fourth-order valence-corrected chi connectivity index (χ4v) is 2.48. The van der Waals surface area contributed by atoms with E-state index >= 15 is 0 Å². The van der Waals surface area contributed by atoms with Crippen molar-refractivity contribution in [1.82, 2.24) is 15.5 Å². The Morgan fingerprint density at radius 3 is 2.75 bits per heavy atom. The molecule has 0 bridgehead atoms. The maximum Gasteiger partial charge on any atom is 0.282 e. The summed E-state index contributed by atoms with van der Waals surface area (Å²) in [5.74, 6) is 0.153. The second kappa shape index (κ2) is 5.90. The first-order valence-corrected chi connectivity index (χ1v) is 7.19. The number of amides is 1. The van der Waals surface area contributed by atoms with Gasteiger partial charge in [-0.3, -0.25) is 9.00 Å². The van der Waals surface area contributed by atoms with Crippen molar-refractivity contribution in [2.24, 2.45) is 0 Å². The van der Waals surface area contributed by atoms with Crippen molar-refractivity contribution in [3.63, 3.8) is 0 Å². The van der Waals surface area contributed by atoms with E-state index in [1.807, 2.05) is 0 Å². The molecule has 1 aromatic heterocycles. The lowest BCUT2D eigenvalue weighted by Crippen LogP contribution is -2.36. The largest absolute Gasteiger partial charge is 0.363 e. The first kappa shape index (κ1) is 13.0. The molecule has 0 fully saturated rings. The van der Waals surface area contributed by atoms with E-state index in [0.29, 0.717) is 15.9 Å². The molecule has 0 spiro atoms. The lowest BCUT2D eigenvalue weighted by atomic mass is 10.4. The van der Waals surface area contributed by atoms with E-state index in [4.69, 9.17) is 0 Å². The molecule has 2 atom stereocenters. The molecule has 2 unspecified atom stereocenters. The summed E-state index contributed by atoms with van der Waals surface area (Å²) in [6, 6.07) is -0.139. The van der Waals surface area contributed by atoms with Crippen LogP contribution in [-0.2, 0) is 10.8 Å². The SMILES string of the molecule is CNc1nnc(C(=O)NC(C)CS(C)=O)s1. The molecule has 1 rings (SSSR count). The predicted octanol–water partition coefficient (Wildman–Crippen LogP) is 0.0766. The molecule has 0 aliphatic carbocycles. The van der Waals surface area contributed by atoms with Crippen LogP contribution in [0.5, 0.6) is 0 Å². The first-order valence-electron chi connectivity index (χ1n) is 4.65. The first-order chi connectivity index (χ1) is 7.52. The lowest BCUT2D eigenvalue weighted by molar-refractivity contribution is 0.0942. The van der Waals surface area contributed by atoms with Gasteiger partial charge in [0.25, 0.3) is 5.91 Å². The highest BCUT2D eigenvalue weighted by Crippen LogP contribution is 2.13. The summed E-state index contributed by atoms with van der Waals surface area (Å²) in [5.41, 5.74) is 0. The number of hydrogen-bond donors (Lipinski definition) is 2. The fourth-order valence-electron chi connectivity index (χ4n) is 1.10. The fraction of sp³-hybridized carbons (Fsp3) is 0.625. The van der Waals surface area contributed by atoms with Gasteiger partial charge in [-0.2, -0.15) is 0 Å². The number of nitrogens with zero attached hydrogens (tertiary/aromatic N) is 2. The zero-order chi connectivity index (χ0) is 12.1. The molecule has 8 heteroatoms. The third kappa shape index (κ3) is 3.86. The number of anilines is 1. The van der Waals surface area contributed by atoms with Gasteiger partial charge in [0.1, 0.15) is 0 Å². The number of aromatic nitrogens is 2. The van der Waals surface area contributed by atoms with Crippen LogP contribution in [0.4, 0.5) is 5.13 Å². The molecule has 1 heterocycles. The zero-order valence-electron chi connectivity index (χ0n) is 9.31. The van der Waals surface area contributed by atoms with Gasteiger partial charge in [-0.1, -0.05) is 11.3 Å². The molecule has 0 saturated heterocycles. The molecule has 1 amide bonds. The Morgan fingerprint density at radius 1 is 1.56 bits per heavy atom. The molecular formula is C8H14N4O2S2. The molecule has 0 aliphatic heterocycles. The van der Waals surface area contributed by atoms with Crippen molar-refractivity contribution in [2.45, 2.75) is 13.0 Å². The summed E-state index contributed by atoms with van der Waals surface area (Å²) < 4.78 is 10.9.